The lowest BCUT2D eigenvalue weighted by Gasteiger charge is -2.25. The summed E-state index contributed by atoms with van der Waals surface area (Å²) in [7, 11) is 1.66. The maximum Gasteiger partial charge on any atom is 0.407 e. The Morgan fingerprint density at radius 1 is 0.848 bits per heavy atom. The number of hydrogen-bond donors (Lipinski definition) is 3. The fourth-order valence-electron chi connectivity index (χ4n) is 5.20. The van der Waals surface area contributed by atoms with Crippen LogP contribution in [0.4, 0.5) is 9.59 Å². The van der Waals surface area contributed by atoms with Crippen molar-refractivity contribution in [3.05, 3.63) is 105 Å². The van der Waals surface area contributed by atoms with Gasteiger partial charge in [0.25, 0.3) is 0 Å². The summed E-state index contributed by atoms with van der Waals surface area (Å²) >= 11 is 2.87. The molecule has 4 aromatic rings. The predicted molar refractivity (Wildman–Crippen MR) is 179 cm³/mol. The van der Waals surface area contributed by atoms with Gasteiger partial charge >= 0.3 is 12.1 Å². The van der Waals surface area contributed by atoms with Crippen LogP contribution in [-0.4, -0.2) is 63.6 Å². The Morgan fingerprint density at radius 2 is 1.48 bits per heavy atom. The van der Waals surface area contributed by atoms with Crippen LogP contribution in [0, 0.1) is 5.92 Å². The Bertz CT molecular complexity index is 1460. The molecule has 0 radical (unpaired) electrons. The number of thiazole rings is 2. The van der Waals surface area contributed by atoms with Crippen LogP contribution in [-0.2, 0) is 35.5 Å². The molecule has 2 aromatic heterocycles. The lowest BCUT2D eigenvalue weighted by atomic mass is 9.86. The van der Waals surface area contributed by atoms with Crippen molar-refractivity contribution in [3.8, 4) is 0 Å². The molecule has 0 aliphatic carbocycles. The number of hydrogen-bond acceptors (Lipinski definition) is 9. The van der Waals surface area contributed by atoms with Gasteiger partial charge in [0.2, 0.25) is 0 Å². The lowest BCUT2D eigenvalue weighted by Crippen LogP contribution is -2.47. The standard InChI is InChI=1S/C34H41N5O5S2/c1-39(21-29-19-35-23-45-29)33(42)38-31(14-15-40)32(41)18-27(16-25-8-4-2-5-9-25)12-13-28(17-26-10-6-3-7-11-26)37-34(43)44-22-30-20-36-24-46-30/h2-11,19-20,23-24,27-28,31,40H,12-18,21-22H2,1H3,(H,37,43)(H,38,42)/t27-,28-,31+/m1/s1. The molecule has 3 atom stereocenters. The number of alkyl carbamates (subject to hydrolysis) is 1. The van der Waals surface area contributed by atoms with Crippen molar-refractivity contribution in [2.24, 2.45) is 5.92 Å². The second-order valence-electron chi connectivity index (χ2n) is 11.2. The van der Waals surface area contributed by atoms with Crippen molar-refractivity contribution < 1.29 is 24.2 Å². The number of nitrogens with zero attached hydrogens (tertiary/aromatic N) is 3. The van der Waals surface area contributed by atoms with Crippen molar-refractivity contribution in [3.63, 3.8) is 0 Å². The van der Waals surface area contributed by atoms with E-state index in [1.165, 1.54) is 27.6 Å². The van der Waals surface area contributed by atoms with Crippen LogP contribution in [0.2, 0.25) is 0 Å². The number of rotatable bonds is 18. The summed E-state index contributed by atoms with van der Waals surface area (Å²) < 4.78 is 5.46. The number of carbonyl (C=O) groups is 3. The first kappa shape index (κ1) is 34.7. The van der Waals surface area contributed by atoms with Crippen molar-refractivity contribution in [1.82, 2.24) is 25.5 Å². The van der Waals surface area contributed by atoms with Gasteiger partial charge in [-0.05, 0) is 49.1 Å². The molecule has 0 saturated heterocycles. The number of aromatic nitrogens is 2. The van der Waals surface area contributed by atoms with Gasteiger partial charge in [-0.2, -0.15) is 0 Å². The topological polar surface area (TPSA) is 134 Å². The summed E-state index contributed by atoms with van der Waals surface area (Å²) in [5.41, 5.74) is 5.58. The zero-order valence-corrected chi connectivity index (χ0v) is 27.6. The van der Waals surface area contributed by atoms with Gasteiger partial charge in [-0.15, -0.1) is 22.7 Å². The van der Waals surface area contributed by atoms with Gasteiger partial charge in [-0.3, -0.25) is 14.8 Å². The minimum absolute atomic E-state index is 0.0591. The molecular weight excluding hydrogens is 623 g/mol. The number of ether oxygens (including phenoxy) is 1. The first-order valence-corrected chi connectivity index (χ1v) is 17.1. The van der Waals surface area contributed by atoms with E-state index in [0.717, 1.165) is 20.9 Å². The van der Waals surface area contributed by atoms with Gasteiger partial charge in [0.05, 0.1) is 28.5 Å². The predicted octanol–water partition coefficient (Wildman–Crippen LogP) is 5.63. The highest BCUT2D eigenvalue weighted by Crippen LogP contribution is 2.22. The number of carbonyl (C=O) groups excluding carboxylic acids is 3. The molecule has 0 saturated carbocycles. The quantitative estimate of drug-likeness (QED) is 0.126. The monoisotopic (exact) mass is 663 g/mol. The summed E-state index contributed by atoms with van der Waals surface area (Å²) in [5.74, 6) is -0.192. The average molecular weight is 664 g/mol. The van der Waals surface area contributed by atoms with Crippen molar-refractivity contribution in [2.45, 2.75) is 63.8 Å². The molecule has 0 spiro atoms. The summed E-state index contributed by atoms with van der Waals surface area (Å²) in [6.45, 7) is 0.290. The molecule has 12 heteroatoms. The summed E-state index contributed by atoms with van der Waals surface area (Å²) in [6, 6.07) is 18.5. The molecule has 46 heavy (non-hydrogen) atoms. The SMILES string of the molecule is CN(Cc1cncs1)C(=O)N[C@@H](CCO)C(=O)C[C@H](CC[C@H](Cc1ccccc1)NC(=O)OCc1cncs1)Cc1ccccc1. The van der Waals surface area contributed by atoms with Crippen molar-refractivity contribution in [2.75, 3.05) is 13.7 Å². The van der Waals surface area contributed by atoms with E-state index in [1.54, 1.807) is 30.5 Å². The Labute approximate surface area is 277 Å². The van der Waals surface area contributed by atoms with Crippen LogP contribution in [0.5, 0.6) is 0 Å². The minimum Gasteiger partial charge on any atom is -0.444 e. The van der Waals surface area contributed by atoms with Gasteiger partial charge in [0.15, 0.2) is 5.78 Å². The van der Waals surface area contributed by atoms with Crippen LogP contribution < -0.4 is 10.6 Å². The molecule has 0 bridgehead atoms. The normalized spacial score (nSPS) is 12.9. The molecule has 244 valence electrons. The van der Waals surface area contributed by atoms with Crippen LogP contribution >= 0.6 is 22.7 Å². The highest BCUT2D eigenvalue weighted by molar-refractivity contribution is 7.09. The number of nitrogens with one attached hydrogen (secondary N) is 2. The summed E-state index contributed by atoms with van der Waals surface area (Å²) in [5, 5.41) is 15.6. The second-order valence-corrected chi connectivity index (χ2v) is 13.2. The zero-order valence-electron chi connectivity index (χ0n) is 25.9. The maximum atomic E-state index is 13.7. The summed E-state index contributed by atoms with van der Waals surface area (Å²) in [6.07, 6.45) is 5.76. The van der Waals surface area contributed by atoms with Gasteiger partial charge < -0.3 is 25.4 Å². The van der Waals surface area contributed by atoms with Crippen LogP contribution in [0.1, 0.15) is 46.6 Å². The highest BCUT2D eigenvalue weighted by Gasteiger charge is 2.26. The van der Waals surface area contributed by atoms with E-state index >= 15 is 0 Å². The Hall–Kier alpha value is -4.13. The summed E-state index contributed by atoms with van der Waals surface area (Å²) in [4.78, 5) is 50.8. The average Bonchev–Trinajstić information content (AvgIpc) is 3.78. The molecule has 3 N–H and O–H groups in total. The molecule has 2 heterocycles. The minimum atomic E-state index is -0.820. The first-order chi connectivity index (χ1) is 22.4. The van der Waals surface area contributed by atoms with Gasteiger partial charge in [-0.25, -0.2) is 9.59 Å². The second kappa shape index (κ2) is 18.7. The maximum absolute atomic E-state index is 13.7. The first-order valence-electron chi connectivity index (χ1n) is 15.3. The number of aliphatic hydroxyl groups excluding tert-OH is 1. The van der Waals surface area contributed by atoms with Gasteiger partial charge in [0.1, 0.15) is 6.61 Å². The smallest absolute Gasteiger partial charge is 0.407 e. The highest BCUT2D eigenvalue weighted by atomic mass is 32.1. The van der Waals surface area contributed by atoms with E-state index in [-0.39, 0.29) is 49.8 Å². The molecule has 2 aromatic carbocycles. The number of Topliss-reactive ketones (excluding diaryl/α,β-unsaturated/α-hetero) is 1. The third-order valence-electron chi connectivity index (χ3n) is 7.58. The van der Waals surface area contributed by atoms with E-state index in [9.17, 15) is 19.5 Å². The largest absolute Gasteiger partial charge is 0.444 e. The zero-order chi connectivity index (χ0) is 32.6. The van der Waals surface area contributed by atoms with E-state index in [0.29, 0.717) is 32.2 Å². The molecule has 0 aliphatic rings. The third-order valence-corrected chi connectivity index (χ3v) is 9.10. The number of aliphatic hydroxyl groups is 1. The number of ketones is 1. The molecule has 0 unspecified atom stereocenters. The Morgan fingerprint density at radius 3 is 2.09 bits per heavy atom. The Kier molecular flexibility index (Phi) is 14.2. The number of amides is 3. The van der Waals surface area contributed by atoms with E-state index in [4.69, 9.17) is 4.74 Å². The van der Waals surface area contributed by atoms with Gasteiger partial charge in [0, 0.05) is 43.4 Å². The molecule has 3 amide bonds. The van der Waals surface area contributed by atoms with Crippen LogP contribution in [0.25, 0.3) is 0 Å². The molecule has 4 rings (SSSR count). The lowest BCUT2D eigenvalue weighted by molar-refractivity contribution is -0.122. The number of benzene rings is 2. The van der Waals surface area contributed by atoms with Crippen LogP contribution in [0.3, 0.4) is 0 Å². The molecular formula is C34H41N5O5S2. The fraction of sp³-hybridized carbons (Fsp3) is 0.382. The molecule has 10 nitrogen and oxygen atoms in total. The van der Waals surface area contributed by atoms with Crippen LogP contribution in [0.15, 0.2) is 84.1 Å². The fourth-order valence-corrected chi connectivity index (χ4v) is 6.35. The number of urea groups is 1. The van der Waals surface area contributed by atoms with E-state index in [1.807, 2.05) is 60.7 Å². The van der Waals surface area contributed by atoms with Crippen molar-refractivity contribution in [1.29, 1.82) is 0 Å². The van der Waals surface area contributed by atoms with E-state index < -0.39 is 12.1 Å². The van der Waals surface area contributed by atoms with E-state index in [2.05, 4.69) is 20.6 Å². The third kappa shape index (κ3) is 12.0. The molecule has 0 aliphatic heterocycles. The molecule has 0 fully saturated rings. The van der Waals surface area contributed by atoms with Gasteiger partial charge in [-0.1, -0.05) is 60.7 Å². The van der Waals surface area contributed by atoms with Crippen molar-refractivity contribution >= 4 is 40.6 Å². The Balaban J connectivity index is 1.42.